The van der Waals surface area contributed by atoms with Gasteiger partial charge in [0.15, 0.2) is 0 Å². The Morgan fingerprint density at radius 3 is 1.30 bits per heavy atom. The van der Waals surface area contributed by atoms with Gasteiger partial charge >= 0.3 is 0 Å². The van der Waals surface area contributed by atoms with Crippen molar-refractivity contribution in [2.45, 2.75) is 37.5 Å². The van der Waals surface area contributed by atoms with Crippen molar-refractivity contribution in [3.05, 3.63) is 58.7 Å². The van der Waals surface area contributed by atoms with Gasteiger partial charge in [-0.05, 0) is 51.0 Å². The van der Waals surface area contributed by atoms with Gasteiger partial charge in [0.1, 0.15) is 0 Å². The molecule has 0 heterocycles. The number of nitrogens with one attached hydrogen (secondary N) is 1. The van der Waals surface area contributed by atoms with Crippen molar-refractivity contribution >= 4 is 20.0 Å². The summed E-state index contributed by atoms with van der Waals surface area (Å²) < 4.78 is 51.6. The zero-order valence-corrected chi connectivity index (χ0v) is 15.0. The second kappa shape index (κ2) is 6.07. The second-order valence-corrected chi connectivity index (χ2v) is 9.19. The zero-order valence-electron chi connectivity index (χ0n) is 13.4. The molecule has 0 fully saturated rings. The number of benzene rings is 2. The van der Waals surface area contributed by atoms with Crippen molar-refractivity contribution in [3.63, 3.8) is 0 Å². The first kappa shape index (κ1) is 17.7. The van der Waals surface area contributed by atoms with E-state index in [0.29, 0.717) is 11.1 Å². The smallest absolute Gasteiger partial charge is 0.206 e. The summed E-state index contributed by atoms with van der Waals surface area (Å²) in [6.07, 6.45) is 0. The minimum absolute atomic E-state index is 0.0450. The Morgan fingerprint density at radius 1 is 0.652 bits per heavy atom. The van der Waals surface area contributed by atoms with Crippen LogP contribution in [-0.2, 0) is 20.0 Å². The maximum Gasteiger partial charge on any atom is 0.254 e. The van der Waals surface area contributed by atoms with Crippen molar-refractivity contribution in [1.82, 2.24) is 4.13 Å². The van der Waals surface area contributed by atoms with Crippen molar-refractivity contribution in [2.24, 2.45) is 0 Å². The highest BCUT2D eigenvalue weighted by molar-refractivity contribution is 8.04. The predicted molar refractivity (Wildman–Crippen MR) is 89.3 cm³/mol. The molecule has 5 nitrogen and oxygen atoms in total. The number of hydrogen-bond acceptors (Lipinski definition) is 4. The summed E-state index contributed by atoms with van der Waals surface area (Å²) in [4.78, 5) is -0.0899. The maximum absolute atomic E-state index is 12.4. The Morgan fingerprint density at radius 2 is 1.00 bits per heavy atom. The SMILES string of the molecule is Cc1ccc(S(=O)(=O)NS(=O)(=O)c2ccc(C)cc2C)c(C)c1. The van der Waals surface area contributed by atoms with Gasteiger partial charge in [-0.15, -0.1) is 4.13 Å². The molecule has 0 saturated carbocycles. The molecule has 0 unspecified atom stereocenters. The summed E-state index contributed by atoms with van der Waals surface area (Å²) in [5.74, 6) is 0. The van der Waals surface area contributed by atoms with Crippen LogP contribution in [0.4, 0.5) is 0 Å². The van der Waals surface area contributed by atoms with Gasteiger partial charge in [0.2, 0.25) is 0 Å². The van der Waals surface area contributed by atoms with E-state index in [2.05, 4.69) is 0 Å². The average Bonchev–Trinajstić information content (AvgIpc) is 2.35. The first-order chi connectivity index (χ1) is 10.5. The third-order valence-electron chi connectivity index (χ3n) is 3.46. The van der Waals surface area contributed by atoms with E-state index >= 15 is 0 Å². The van der Waals surface area contributed by atoms with Crippen LogP contribution in [-0.4, -0.2) is 16.8 Å². The fourth-order valence-electron chi connectivity index (χ4n) is 2.44. The molecule has 0 aromatic heterocycles. The summed E-state index contributed by atoms with van der Waals surface area (Å²) in [6, 6.07) is 9.46. The van der Waals surface area contributed by atoms with Crippen molar-refractivity contribution in [3.8, 4) is 0 Å². The van der Waals surface area contributed by atoms with E-state index in [1.54, 1.807) is 38.1 Å². The Balaban J connectivity index is 2.47. The summed E-state index contributed by atoms with van der Waals surface area (Å²) in [7, 11) is -8.36. The lowest BCUT2D eigenvalue weighted by molar-refractivity contribution is 0.576. The Labute approximate surface area is 137 Å². The van der Waals surface area contributed by atoms with Crippen LogP contribution in [0.3, 0.4) is 0 Å². The van der Waals surface area contributed by atoms with Crippen molar-refractivity contribution in [2.75, 3.05) is 0 Å². The minimum atomic E-state index is -4.18. The molecule has 0 bridgehead atoms. The molecule has 2 aromatic carbocycles. The predicted octanol–water partition coefficient (Wildman–Crippen LogP) is 2.59. The van der Waals surface area contributed by atoms with Gasteiger partial charge in [-0.1, -0.05) is 35.4 Å². The first-order valence-electron chi connectivity index (χ1n) is 6.96. The minimum Gasteiger partial charge on any atom is -0.206 e. The van der Waals surface area contributed by atoms with E-state index in [1.807, 2.05) is 18.0 Å². The monoisotopic (exact) mass is 353 g/mol. The molecule has 2 rings (SSSR count). The van der Waals surface area contributed by atoms with Gasteiger partial charge in [0.25, 0.3) is 20.0 Å². The second-order valence-electron chi connectivity index (χ2n) is 5.63. The van der Waals surface area contributed by atoms with Crippen LogP contribution in [0.15, 0.2) is 46.2 Å². The molecule has 23 heavy (non-hydrogen) atoms. The molecule has 0 saturated heterocycles. The molecule has 0 aliphatic rings. The van der Waals surface area contributed by atoms with E-state index in [9.17, 15) is 16.8 Å². The average molecular weight is 353 g/mol. The van der Waals surface area contributed by atoms with Gasteiger partial charge in [-0.3, -0.25) is 0 Å². The lowest BCUT2D eigenvalue weighted by Crippen LogP contribution is -2.31. The third-order valence-corrected chi connectivity index (χ3v) is 7.29. The zero-order chi connectivity index (χ0) is 17.4. The van der Waals surface area contributed by atoms with Gasteiger partial charge < -0.3 is 0 Å². The summed E-state index contributed by atoms with van der Waals surface area (Å²) >= 11 is 0. The number of aryl methyl sites for hydroxylation is 4. The fraction of sp³-hybridized carbons (Fsp3) is 0.250. The van der Waals surface area contributed by atoms with Crippen LogP contribution < -0.4 is 4.13 Å². The van der Waals surface area contributed by atoms with Gasteiger partial charge in [0, 0.05) is 0 Å². The molecule has 7 heteroatoms. The van der Waals surface area contributed by atoms with Crippen LogP contribution in [0.5, 0.6) is 0 Å². The Bertz CT molecular complexity index is 882. The maximum atomic E-state index is 12.4. The molecule has 0 aliphatic heterocycles. The number of rotatable bonds is 4. The molecule has 0 spiro atoms. The molecule has 124 valence electrons. The number of hydrogen-bond donors (Lipinski definition) is 1. The summed E-state index contributed by atoms with van der Waals surface area (Å²) in [5, 5.41) is 0. The third kappa shape index (κ3) is 3.80. The molecular formula is C16H19NO4S2. The van der Waals surface area contributed by atoms with Crippen LogP contribution in [0.2, 0.25) is 0 Å². The van der Waals surface area contributed by atoms with E-state index in [4.69, 9.17) is 0 Å². The lowest BCUT2D eigenvalue weighted by Gasteiger charge is -2.12. The van der Waals surface area contributed by atoms with Crippen molar-refractivity contribution < 1.29 is 16.8 Å². The van der Waals surface area contributed by atoms with Crippen LogP contribution in [0.25, 0.3) is 0 Å². The molecule has 0 radical (unpaired) electrons. The van der Waals surface area contributed by atoms with Crippen molar-refractivity contribution in [1.29, 1.82) is 0 Å². The highest BCUT2D eigenvalue weighted by Crippen LogP contribution is 2.21. The summed E-state index contributed by atoms with van der Waals surface area (Å²) in [5.41, 5.74) is 2.79. The van der Waals surface area contributed by atoms with Crippen LogP contribution in [0.1, 0.15) is 22.3 Å². The van der Waals surface area contributed by atoms with E-state index in [1.165, 1.54) is 12.1 Å². The fourth-order valence-corrected chi connectivity index (χ4v) is 5.77. The quantitative estimate of drug-likeness (QED) is 0.916. The lowest BCUT2D eigenvalue weighted by atomic mass is 10.2. The molecule has 2 aromatic rings. The van der Waals surface area contributed by atoms with Gasteiger partial charge in [0.05, 0.1) is 9.79 Å². The van der Waals surface area contributed by atoms with E-state index < -0.39 is 20.0 Å². The highest BCUT2D eigenvalue weighted by Gasteiger charge is 2.26. The normalized spacial score (nSPS) is 12.3. The first-order valence-corrected chi connectivity index (χ1v) is 9.93. The van der Waals surface area contributed by atoms with E-state index in [0.717, 1.165) is 11.1 Å². The Hall–Kier alpha value is -1.70. The molecule has 0 atom stereocenters. The molecular weight excluding hydrogens is 334 g/mol. The topological polar surface area (TPSA) is 80.3 Å². The van der Waals surface area contributed by atoms with E-state index in [-0.39, 0.29) is 9.79 Å². The highest BCUT2D eigenvalue weighted by atomic mass is 32.3. The molecule has 0 aliphatic carbocycles. The largest absolute Gasteiger partial charge is 0.254 e. The number of sulfonamides is 2. The molecule has 0 amide bonds. The van der Waals surface area contributed by atoms with Gasteiger partial charge in [-0.2, -0.15) is 0 Å². The standard InChI is InChI=1S/C16H19NO4S2/c1-11-5-7-15(13(3)9-11)22(18,19)17-23(20,21)16-8-6-12(2)10-14(16)4/h5-10,17H,1-4H3. The van der Waals surface area contributed by atoms with Crippen LogP contribution >= 0.6 is 0 Å². The van der Waals surface area contributed by atoms with Gasteiger partial charge in [-0.25, -0.2) is 16.8 Å². The Kier molecular flexibility index (Phi) is 4.66. The molecule has 1 N–H and O–H groups in total. The van der Waals surface area contributed by atoms with Crippen LogP contribution in [0, 0.1) is 27.7 Å². The summed E-state index contributed by atoms with van der Waals surface area (Å²) in [6.45, 7) is 6.93.